The van der Waals surface area contributed by atoms with Crippen molar-refractivity contribution in [2.75, 3.05) is 24.8 Å². The second kappa shape index (κ2) is 6.17. The molecule has 0 bridgehead atoms. The smallest absolute Gasteiger partial charge is 0.255 e. The van der Waals surface area contributed by atoms with E-state index in [4.69, 9.17) is 17.3 Å². The van der Waals surface area contributed by atoms with E-state index in [1.165, 1.54) is 0 Å². The van der Waals surface area contributed by atoms with Crippen molar-refractivity contribution in [3.05, 3.63) is 28.8 Å². The van der Waals surface area contributed by atoms with Crippen LogP contribution in [0, 0.1) is 0 Å². The van der Waals surface area contributed by atoms with Crippen LogP contribution in [0.5, 0.6) is 0 Å². The predicted molar refractivity (Wildman–Crippen MR) is 75.8 cm³/mol. The Hall–Kier alpha value is -0.870. The first-order valence-corrected chi connectivity index (χ1v) is 7.05. The lowest BCUT2D eigenvalue weighted by Crippen LogP contribution is -2.36. The minimum Gasteiger partial charge on any atom is -0.398 e. The molecule has 1 aromatic carbocycles. The van der Waals surface area contributed by atoms with Crippen molar-refractivity contribution in [1.29, 1.82) is 0 Å². The first-order valence-electron chi connectivity index (χ1n) is 5.28. The number of carbonyl (C=O) groups excluding carboxylic acids is 1. The number of benzene rings is 1. The minimum atomic E-state index is -0.0688. The molecule has 5 heteroatoms. The van der Waals surface area contributed by atoms with Crippen LogP contribution in [0.25, 0.3) is 0 Å². The third-order valence-corrected chi connectivity index (χ3v) is 3.68. The number of nitrogen functional groups attached to an aromatic ring is 1. The van der Waals surface area contributed by atoms with Crippen molar-refractivity contribution >= 4 is 35.0 Å². The molecule has 1 atom stereocenters. The van der Waals surface area contributed by atoms with Crippen LogP contribution in [0.3, 0.4) is 0 Å². The number of thioether (sulfide) groups is 1. The average molecular weight is 273 g/mol. The molecule has 0 spiro atoms. The van der Waals surface area contributed by atoms with E-state index in [0.717, 1.165) is 5.75 Å². The van der Waals surface area contributed by atoms with Crippen LogP contribution in [-0.4, -0.2) is 35.9 Å². The number of nitrogens with zero attached hydrogens (tertiary/aromatic N) is 1. The van der Waals surface area contributed by atoms with Gasteiger partial charge in [0.05, 0.1) is 5.56 Å². The van der Waals surface area contributed by atoms with Gasteiger partial charge >= 0.3 is 0 Å². The summed E-state index contributed by atoms with van der Waals surface area (Å²) in [5.74, 6) is 0.830. The van der Waals surface area contributed by atoms with Gasteiger partial charge in [-0.15, -0.1) is 0 Å². The van der Waals surface area contributed by atoms with Crippen molar-refractivity contribution in [2.45, 2.75) is 13.0 Å². The highest BCUT2D eigenvalue weighted by molar-refractivity contribution is 7.98. The summed E-state index contributed by atoms with van der Waals surface area (Å²) >= 11 is 7.52. The Bertz CT molecular complexity index is 411. The molecule has 1 unspecified atom stereocenters. The fourth-order valence-corrected chi connectivity index (χ4v) is 2.36. The molecule has 94 valence electrons. The second-order valence-electron chi connectivity index (χ2n) is 3.95. The van der Waals surface area contributed by atoms with E-state index in [-0.39, 0.29) is 11.9 Å². The predicted octanol–water partition coefficient (Wildman–Crippen LogP) is 2.75. The quantitative estimate of drug-likeness (QED) is 0.858. The third-order valence-electron chi connectivity index (χ3n) is 2.63. The molecule has 0 aliphatic carbocycles. The summed E-state index contributed by atoms with van der Waals surface area (Å²) in [4.78, 5) is 13.9. The number of amides is 1. The maximum absolute atomic E-state index is 12.2. The highest BCUT2D eigenvalue weighted by Crippen LogP contribution is 2.20. The number of hydrogen-bond donors (Lipinski definition) is 1. The Morgan fingerprint density at radius 2 is 2.24 bits per heavy atom. The van der Waals surface area contributed by atoms with Crippen LogP contribution in [0.2, 0.25) is 5.02 Å². The summed E-state index contributed by atoms with van der Waals surface area (Å²) in [5, 5.41) is 0.541. The number of rotatable bonds is 4. The molecule has 2 N–H and O–H groups in total. The van der Waals surface area contributed by atoms with Crippen molar-refractivity contribution in [3.63, 3.8) is 0 Å². The number of carbonyl (C=O) groups is 1. The fraction of sp³-hybridized carbons (Fsp3) is 0.417. The Kier molecular flexibility index (Phi) is 5.15. The molecule has 0 aliphatic rings. The monoisotopic (exact) mass is 272 g/mol. The fourth-order valence-electron chi connectivity index (χ4n) is 1.47. The molecule has 0 saturated heterocycles. The van der Waals surface area contributed by atoms with Gasteiger partial charge in [0.2, 0.25) is 0 Å². The SMILES string of the molecule is CSCC(C)N(C)C(=O)c1ccc(Cl)cc1N. The molecule has 0 heterocycles. The van der Waals surface area contributed by atoms with Gasteiger partial charge in [-0.1, -0.05) is 11.6 Å². The molecule has 0 aromatic heterocycles. The van der Waals surface area contributed by atoms with Crippen LogP contribution in [0.1, 0.15) is 17.3 Å². The zero-order valence-corrected chi connectivity index (χ0v) is 11.8. The first-order chi connectivity index (χ1) is 7.97. The minimum absolute atomic E-state index is 0.0688. The van der Waals surface area contributed by atoms with Gasteiger partial charge < -0.3 is 10.6 Å². The molecule has 0 fully saturated rings. The van der Waals surface area contributed by atoms with E-state index >= 15 is 0 Å². The van der Waals surface area contributed by atoms with E-state index in [0.29, 0.717) is 16.3 Å². The molecule has 1 aromatic rings. The van der Waals surface area contributed by atoms with Crippen molar-refractivity contribution in [1.82, 2.24) is 4.90 Å². The average Bonchev–Trinajstić information content (AvgIpc) is 2.27. The summed E-state index contributed by atoms with van der Waals surface area (Å²) in [6.45, 7) is 2.01. The largest absolute Gasteiger partial charge is 0.398 e. The van der Waals surface area contributed by atoms with E-state index in [1.807, 2.05) is 13.2 Å². The molecule has 1 rings (SSSR count). The topological polar surface area (TPSA) is 46.3 Å². The summed E-state index contributed by atoms with van der Waals surface area (Å²) < 4.78 is 0. The maximum Gasteiger partial charge on any atom is 0.255 e. The summed E-state index contributed by atoms with van der Waals surface area (Å²) in [7, 11) is 1.79. The lowest BCUT2D eigenvalue weighted by Gasteiger charge is -2.25. The molecule has 0 aliphatic heterocycles. The number of hydrogen-bond acceptors (Lipinski definition) is 3. The number of halogens is 1. The van der Waals surface area contributed by atoms with Gasteiger partial charge in [-0.25, -0.2) is 0 Å². The van der Waals surface area contributed by atoms with Crippen LogP contribution in [0.4, 0.5) is 5.69 Å². The van der Waals surface area contributed by atoms with Crippen molar-refractivity contribution in [2.24, 2.45) is 0 Å². The normalized spacial score (nSPS) is 12.2. The third kappa shape index (κ3) is 3.54. The van der Waals surface area contributed by atoms with E-state index < -0.39 is 0 Å². The van der Waals surface area contributed by atoms with Crippen LogP contribution >= 0.6 is 23.4 Å². The number of nitrogens with two attached hydrogens (primary N) is 1. The number of anilines is 1. The van der Waals surface area contributed by atoms with Crippen molar-refractivity contribution in [3.8, 4) is 0 Å². The first kappa shape index (κ1) is 14.2. The Morgan fingerprint density at radius 1 is 1.59 bits per heavy atom. The highest BCUT2D eigenvalue weighted by Gasteiger charge is 2.19. The van der Waals surface area contributed by atoms with Gasteiger partial charge in [0.15, 0.2) is 0 Å². The standard InChI is InChI=1S/C12H17ClN2OS/c1-8(7-17-3)15(2)12(16)10-5-4-9(13)6-11(10)14/h4-6,8H,7,14H2,1-3H3. The maximum atomic E-state index is 12.2. The van der Waals surface area contributed by atoms with Gasteiger partial charge in [-0.3, -0.25) is 4.79 Å². The van der Waals surface area contributed by atoms with Gasteiger partial charge in [0.1, 0.15) is 0 Å². The van der Waals surface area contributed by atoms with Crippen LogP contribution in [-0.2, 0) is 0 Å². The Morgan fingerprint density at radius 3 is 2.76 bits per heavy atom. The van der Waals surface area contributed by atoms with Gasteiger partial charge in [-0.2, -0.15) is 11.8 Å². The van der Waals surface area contributed by atoms with E-state index in [2.05, 4.69) is 0 Å². The van der Waals surface area contributed by atoms with E-state index in [1.54, 1.807) is 41.9 Å². The summed E-state index contributed by atoms with van der Waals surface area (Å²) in [5.41, 5.74) is 6.72. The summed E-state index contributed by atoms with van der Waals surface area (Å²) in [6.07, 6.45) is 2.02. The molecule has 0 radical (unpaired) electrons. The highest BCUT2D eigenvalue weighted by atomic mass is 35.5. The van der Waals surface area contributed by atoms with Gasteiger partial charge in [-0.05, 0) is 31.4 Å². The zero-order chi connectivity index (χ0) is 13.0. The second-order valence-corrected chi connectivity index (χ2v) is 5.30. The molecule has 1 amide bonds. The van der Waals surface area contributed by atoms with E-state index in [9.17, 15) is 4.79 Å². The Balaban J connectivity index is 2.88. The molecule has 3 nitrogen and oxygen atoms in total. The molecule has 0 saturated carbocycles. The van der Waals surface area contributed by atoms with Crippen LogP contribution < -0.4 is 5.73 Å². The molecular formula is C12H17ClN2OS. The summed E-state index contributed by atoms with van der Waals surface area (Å²) in [6, 6.07) is 5.12. The molecular weight excluding hydrogens is 256 g/mol. The van der Waals surface area contributed by atoms with Crippen LogP contribution in [0.15, 0.2) is 18.2 Å². The molecule has 17 heavy (non-hydrogen) atoms. The van der Waals surface area contributed by atoms with Crippen molar-refractivity contribution < 1.29 is 4.79 Å². The van der Waals surface area contributed by atoms with Gasteiger partial charge in [0, 0.05) is 29.6 Å². The van der Waals surface area contributed by atoms with Gasteiger partial charge in [0.25, 0.3) is 5.91 Å². The lowest BCUT2D eigenvalue weighted by molar-refractivity contribution is 0.0758. The Labute approximate surface area is 111 Å². The zero-order valence-electron chi connectivity index (χ0n) is 10.2. The lowest BCUT2D eigenvalue weighted by atomic mass is 10.1.